The van der Waals surface area contributed by atoms with Gasteiger partial charge in [-0.1, -0.05) is 99.6 Å². The van der Waals surface area contributed by atoms with E-state index < -0.39 is 6.10 Å². The highest BCUT2D eigenvalue weighted by Gasteiger charge is 2.15. The van der Waals surface area contributed by atoms with Crippen molar-refractivity contribution in [3.8, 4) is 11.1 Å². The van der Waals surface area contributed by atoms with E-state index in [1.807, 2.05) is 55.5 Å². The molecule has 0 radical (unpaired) electrons. The van der Waals surface area contributed by atoms with Crippen molar-refractivity contribution in [2.45, 2.75) is 19.1 Å². The molecule has 0 bridgehead atoms. The number of hydrogen-bond acceptors (Lipinski definition) is 3. The van der Waals surface area contributed by atoms with Crippen LogP contribution in [0.5, 0.6) is 0 Å². The number of fused-ring (bicyclic) bond motifs is 3. The van der Waals surface area contributed by atoms with E-state index in [4.69, 9.17) is 4.42 Å². The minimum atomic E-state index is -0.507. The Morgan fingerprint density at radius 2 is 1.53 bits per heavy atom. The molecular formula is C28H26NO2P. The number of hydrogen-bond donors (Lipinski definition) is 2. The van der Waals surface area contributed by atoms with Gasteiger partial charge in [-0.25, -0.2) is 0 Å². The molecule has 4 aromatic carbocycles. The molecule has 0 saturated heterocycles. The molecule has 0 aliphatic heterocycles. The zero-order valence-electron chi connectivity index (χ0n) is 18.0. The molecule has 0 aliphatic carbocycles. The normalized spacial score (nSPS) is 13.8. The van der Waals surface area contributed by atoms with Gasteiger partial charge in [0.25, 0.3) is 0 Å². The van der Waals surface area contributed by atoms with Crippen molar-refractivity contribution >= 4 is 35.8 Å². The van der Waals surface area contributed by atoms with E-state index >= 15 is 0 Å². The van der Waals surface area contributed by atoms with Crippen LogP contribution in [-0.2, 0) is 0 Å². The summed E-state index contributed by atoms with van der Waals surface area (Å²) in [7, 11) is 0.629. The maximum Gasteiger partial charge on any atom is 0.143 e. The molecule has 5 aromatic rings. The van der Waals surface area contributed by atoms with Gasteiger partial charge in [-0.15, -0.1) is 0 Å². The second-order valence-electron chi connectivity index (χ2n) is 8.06. The van der Waals surface area contributed by atoms with Crippen molar-refractivity contribution in [2.75, 3.05) is 6.29 Å². The van der Waals surface area contributed by atoms with E-state index in [1.54, 1.807) is 0 Å². The Bertz CT molecular complexity index is 1330. The number of aliphatic hydroxyl groups is 1. The van der Waals surface area contributed by atoms with Gasteiger partial charge in [-0.3, -0.25) is 0 Å². The van der Waals surface area contributed by atoms with Crippen LogP contribution in [0, 0.1) is 0 Å². The van der Waals surface area contributed by atoms with Gasteiger partial charge in [0.1, 0.15) is 11.2 Å². The Morgan fingerprint density at radius 1 is 0.812 bits per heavy atom. The molecule has 0 spiro atoms. The summed E-state index contributed by atoms with van der Waals surface area (Å²) >= 11 is 0. The van der Waals surface area contributed by atoms with Crippen LogP contribution in [0.15, 0.2) is 101 Å². The maximum absolute atomic E-state index is 10.5. The van der Waals surface area contributed by atoms with Gasteiger partial charge in [0.05, 0.1) is 6.10 Å². The first-order valence-electron chi connectivity index (χ1n) is 10.9. The van der Waals surface area contributed by atoms with Crippen LogP contribution in [0.4, 0.5) is 0 Å². The van der Waals surface area contributed by atoms with Gasteiger partial charge >= 0.3 is 0 Å². The van der Waals surface area contributed by atoms with E-state index in [0.29, 0.717) is 8.58 Å². The summed E-state index contributed by atoms with van der Waals surface area (Å²) in [6, 6.07) is 33.1. The summed E-state index contributed by atoms with van der Waals surface area (Å²) in [4.78, 5) is 0. The van der Waals surface area contributed by atoms with Crippen LogP contribution in [0.3, 0.4) is 0 Å². The van der Waals surface area contributed by atoms with Crippen LogP contribution in [-0.4, -0.2) is 17.4 Å². The lowest BCUT2D eigenvalue weighted by atomic mass is 10.0. The highest BCUT2D eigenvalue weighted by atomic mass is 31.1. The average Bonchev–Trinajstić information content (AvgIpc) is 3.23. The zero-order chi connectivity index (χ0) is 21.9. The molecule has 4 heteroatoms. The van der Waals surface area contributed by atoms with Crippen LogP contribution >= 0.6 is 8.58 Å². The van der Waals surface area contributed by atoms with Crippen LogP contribution in [0.2, 0.25) is 0 Å². The lowest BCUT2D eigenvalue weighted by Gasteiger charge is -2.20. The van der Waals surface area contributed by atoms with Crippen LogP contribution in [0.1, 0.15) is 18.6 Å². The highest BCUT2D eigenvalue weighted by molar-refractivity contribution is 7.47. The molecule has 5 rings (SSSR count). The summed E-state index contributed by atoms with van der Waals surface area (Å²) in [5.41, 5.74) is 5.08. The average molecular weight is 439 g/mol. The molecule has 32 heavy (non-hydrogen) atoms. The Morgan fingerprint density at radius 3 is 2.34 bits per heavy atom. The van der Waals surface area contributed by atoms with Gasteiger partial charge in [0.15, 0.2) is 0 Å². The van der Waals surface area contributed by atoms with Crippen molar-refractivity contribution in [2.24, 2.45) is 0 Å². The van der Waals surface area contributed by atoms with E-state index in [0.717, 1.165) is 44.9 Å². The quantitative estimate of drug-likeness (QED) is 0.296. The highest BCUT2D eigenvalue weighted by Crippen LogP contribution is 2.35. The molecular weight excluding hydrogens is 413 g/mol. The number of aliphatic hydroxyl groups excluding tert-OH is 1. The topological polar surface area (TPSA) is 45.4 Å². The number of para-hydroxylation sites is 2. The van der Waals surface area contributed by atoms with Crippen molar-refractivity contribution in [3.63, 3.8) is 0 Å². The zero-order valence-corrected chi connectivity index (χ0v) is 19.0. The van der Waals surface area contributed by atoms with Gasteiger partial charge in [-0.05, 0) is 29.4 Å². The van der Waals surface area contributed by atoms with Crippen molar-refractivity contribution in [3.05, 3.63) is 103 Å². The second-order valence-corrected chi connectivity index (χ2v) is 9.34. The van der Waals surface area contributed by atoms with Crippen molar-refractivity contribution in [1.82, 2.24) is 5.32 Å². The first-order chi connectivity index (χ1) is 15.7. The second kappa shape index (κ2) is 9.26. The number of nitrogens with one attached hydrogen (secondary N) is 1. The summed E-state index contributed by atoms with van der Waals surface area (Å²) in [5, 5.41) is 17.6. The standard InChI is InChI=1S/C28H26NO2P/c1-19(27(30)21-8-3-2-4-9-21)29-18-32-22-16-14-20(15-17-22)23-11-7-12-25-24-10-5-6-13-26(24)31-28(23)25/h2-17,19,27,29-30,32H,18H2,1H3/t19-,27-/m0/s1. The predicted octanol–water partition coefficient (Wildman–Crippen LogP) is 6.23. The molecule has 0 aliphatic rings. The number of furan rings is 1. The fourth-order valence-corrected chi connectivity index (χ4v) is 5.14. The third-order valence-electron chi connectivity index (χ3n) is 5.93. The first-order valence-corrected chi connectivity index (χ1v) is 12.1. The van der Waals surface area contributed by atoms with E-state index in [9.17, 15) is 5.11 Å². The molecule has 1 heterocycles. The largest absolute Gasteiger partial charge is 0.455 e. The summed E-state index contributed by atoms with van der Waals surface area (Å²) in [6.45, 7) is 2.03. The third-order valence-corrected chi connectivity index (χ3v) is 7.05. The first kappa shape index (κ1) is 20.9. The van der Waals surface area contributed by atoms with Gasteiger partial charge in [0.2, 0.25) is 0 Å². The molecule has 2 N–H and O–H groups in total. The third kappa shape index (κ3) is 4.20. The molecule has 0 saturated carbocycles. The Labute approximate surface area is 189 Å². The molecule has 3 atom stereocenters. The molecule has 3 nitrogen and oxygen atoms in total. The Balaban J connectivity index is 1.27. The summed E-state index contributed by atoms with van der Waals surface area (Å²) in [6.07, 6.45) is 0.330. The fraction of sp³-hybridized carbons (Fsp3) is 0.143. The lowest BCUT2D eigenvalue weighted by Crippen LogP contribution is -2.32. The Kier molecular flexibility index (Phi) is 6.05. The molecule has 1 aromatic heterocycles. The lowest BCUT2D eigenvalue weighted by molar-refractivity contribution is 0.139. The van der Waals surface area contributed by atoms with E-state index in [2.05, 4.69) is 53.8 Å². The molecule has 0 fully saturated rings. The van der Waals surface area contributed by atoms with Gasteiger partial charge < -0.3 is 14.8 Å². The number of rotatable bonds is 7. The fourth-order valence-electron chi connectivity index (χ4n) is 4.11. The van der Waals surface area contributed by atoms with Crippen LogP contribution in [0.25, 0.3) is 33.1 Å². The van der Waals surface area contributed by atoms with Crippen molar-refractivity contribution < 1.29 is 9.52 Å². The predicted molar refractivity (Wildman–Crippen MR) is 136 cm³/mol. The minimum Gasteiger partial charge on any atom is -0.455 e. The molecule has 1 unspecified atom stereocenters. The minimum absolute atomic E-state index is 0.00476. The van der Waals surface area contributed by atoms with E-state index in [-0.39, 0.29) is 6.04 Å². The van der Waals surface area contributed by atoms with Gasteiger partial charge in [0, 0.05) is 28.7 Å². The smallest absolute Gasteiger partial charge is 0.143 e. The monoisotopic (exact) mass is 439 g/mol. The summed E-state index contributed by atoms with van der Waals surface area (Å²) < 4.78 is 6.19. The summed E-state index contributed by atoms with van der Waals surface area (Å²) in [5.74, 6) is 0. The van der Waals surface area contributed by atoms with Crippen molar-refractivity contribution in [1.29, 1.82) is 0 Å². The van der Waals surface area contributed by atoms with Gasteiger partial charge in [-0.2, -0.15) is 0 Å². The number of benzene rings is 4. The molecule has 160 valence electrons. The maximum atomic E-state index is 10.5. The van der Waals surface area contributed by atoms with E-state index in [1.165, 1.54) is 5.30 Å². The molecule has 0 amide bonds. The Hall–Kier alpha value is -2.97. The SMILES string of the molecule is C[C@H](NCPc1ccc(-c2cccc3c2oc2ccccc23)cc1)[C@H](O)c1ccccc1. The van der Waals surface area contributed by atoms with Crippen LogP contribution < -0.4 is 10.6 Å².